The highest BCUT2D eigenvalue weighted by molar-refractivity contribution is 6.30. The molecule has 1 atom stereocenters. The van der Waals surface area contributed by atoms with Crippen LogP contribution in [0.1, 0.15) is 37.7 Å². The summed E-state index contributed by atoms with van der Waals surface area (Å²) >= 11 is 5.64. The molecule has 2 rings (SSSR count). The van der Waals surface area contributed by atoms with E-state index in [1.807, 2.05) is 0 Å². The molecule has 1 unspecified atom stereocenters. The van der Waals surface area contributed by atoms with Crippen molar-refractivity contribution >= 4 is 23.9 Å². The molecular weight excluding hydrogens is 307 g/mol. The van der Waals surface area contributed by atoms with Crippen LogP contribution in [0.4, 0.5) is 4.39 Å². The molecule has 1 aliphatic rings. The maximum atomic E-state index is 13.5. The Labute approximate surface area is 134 Å². The van der Waals surface area contributed by atoms with Crippen molar-refractivity contribution in [2.45, 2.75) is 50.6 Å². The highest BCUT2D eigenvalue weighted by atomic mass is 35.5. The summed E-state index contributed by atoms with van der Waals surface area (Å²) in [5.41, 5.74) is 0.611. The first kappa shape index (κ1) is 16.7. The predicted octanol–water partition coefficient (Wildman–Crippen LogP) is 2.59. The molecular formula is C16H20ClFN2O2. The van der Waals surface area contributed by atoms with Crippen LogP contribution in [0.15, 0.2) is 18.2 Å². The zero-order chi connectivity index (χ0) is 15.9. The summed E-state index contributed by atoms with van der Waals surface area (Å²) in [6, 6.07) is 3.84. The molecule has 1 aliphatic carbocycles. The van der Waals surface area contributed by atoms with E-state index in [0.717, 1.165) is 25.7 Å². The van der Waals surface area contributed by atoms with Crippen molar-refractivity contribution in [2.75, 3.05) is 0 Å². The van der Waals surface area contributed by atoms with Crippen molar-refractivity contribution in [3.05, 3.63) is 34.6 Å². The molecule has 2 N–H and O–H groups in total. The molecule has 1 fully saturated rings. The van der Waals surface area contributed by atoms with Crippen LogP contribution < -0.4 is 10.6 Å². The fourth-order valence-corrected chi connectivity index (χ4v) is 2.88. The molecule has 6 heteroatoms. The van der Waals surface area contributed by atoms with Crippen LogP contribution in [0.2, 0.25) is 5.02 Å². The Bertz CT molecular complexity index is 533. The molecule has 2 amide bonds. The van der Waals surface area contributed by atoms with Gasteiger partial charge in [-0.15, -0.1) is 0 Å². The molecule has 0 heterocycles. The van der Waals surface area contributed by atoms with Crippen molar-refractivity contribution in [3.8, 4) is 0 Å². The smallest absolute Gasteiger partial charge is 0.243 e. The van der Waals surface area contributed by atoms with Gasteiger partial charge in [0.2, 0.25) is 12.3 Å². The molecule has 1 aromatic rings. The highest BCUT2D eigenvalue weighted by Gasteiger charge is 2.22. The van der Waals surface area contributed by atoms with E-state index in [1.54, 1.807) is 6.07 Å². The molecule has 1 saturated carbocycles. The SMILES string of the molecule is O=CNC(Cc1ccc(Cl)c(F)c1)C(=O)NC1CCCCC1. The average molecular weight is 327 g/mol. The van der Waals surface area contributed by atoms with Crippen LogP contribution in [0.25, 0.3) is 0 Å². The van der Waals surface area contributed by atoms with Gasteiger partial charge in [-0.3, -0.25) is 9.59 Å². The number of nitrogens with one attached hydrogen (secondary N) is 2. The average Bonchev–Trinajstić information content (AvgIpc) is 2.51. The van der Waals surface area contributed by atoms with Crippen molar-refractivity contribution in [1.29, 1.82) is 0 Å². The molecule has 1 aromatic carbocycles. The second-order valence-electron chi connectivity index (χ2n) is 5.63. The van der Waals surface area contributed by atoms with Gasteiger partial charge in [-0.25, -0.2) is 4.39 Å². The Hall–Kier alpha value is -1.62. The van der Waals surface area contributed by atoms with E-state index in [9.17, 15) is 14.0 Å². The summed E-state index contributed by atoms with van der Waals surface area (Å²) in [6.45, 7) is 0. The molecule has 0 aliphatic heterocycles. The Balaban J connectivity index is 1.99. The molecule has 0 saturated heterocycles. The minimum atomic E-state index is -0.708. The lowest BCUT2D eigenvalue weighted by molar-refractivity contribution is -0.126. The summed E-state index contributed by atoms with van der Waals surface area (Å²) in [5.74, 6) is -0.758. The van der Waals surface area contributed by atoms with E-state index in [0.29, 0.717) is 12.0 Å². The lowest BCUT2D eigenvalue weighted by atomic mass is 9.95. The summed E-state index contributed by atoms with van der Waals surface area (Å²) in [7, 11) is 0. The van der Waals surface area contributed by atoms with Gasteiger partial charge in [-0.1, -0.05) is 36.9 Å². The fraction of sp³-hybridized carbons (Fsp3) is 0.500. The van der Waals surface area contributed by atoms with E-state index in [2.05, 4.69) is 10.6 Å². The van der Waals surface area contributed by atoms with Gasteiger partial charge in [0.1, 0.15) is 11.9 Å². The number of hydrogen-bond donors (Lipinski definition) is 2. The molecule has 0 bridgehead atoms. The lowest BCUT2D eigenvalue weighted by Crippen LogP contribution is -2.49. The number of rotatable bonds is 6. The van der Waals surface area contributed by atoms with Crippen LogP contribution in [0.3, 0.4) is 0 Å². The van der Waals surface area contributed by atoms with E-state index in [4.69, 9.17) is 11.6 Å². The number of halogens is 2. The first-order chi connectivity index (χ1) is 10.6. The molecule has 4 nitrogen and oxygen atoms in total. The summed E-state index contributed by atoms with van der Waals surface area (Å²) in [5, 5.41) is 5.51. The van der Waals surface area contributed by atoms with Gasteiger partial charge in [-0.05, 0) is 30.5 Å². The predicted molar refractivity (Wildman–Crippen MR) is 83.1 cm³/mol. The quantitative estimate of drug-likeness (QED) is 0.789. The van der Waals surface area contributed by atoms with Crippen LogP contribution >= 0.6 is 11.6 Å². The maximum Gasteiger partial charge on any atom is 0.243 e. The van der Waals surface area contributed by atoms with Crippen molar-refractivity contribution in [2.24, 2.45) is 0 Å². The Morgan fingerprint density at radius 3 is 2.73 bits per heavy atom. The van der Waals surface area contributed by atoms with Gasteiger partial charge in [0.15, 0.2) is 0 Å². The third-order valence-corrected chi connectivity index (χ3v) is 4.27. The van der Waals surface area contributed by atoms with E-state index >= 15 is 0 Å². The van der Waals surface area contributed by atoms with Crippen molar-refractivity contribution in [1.82, 2.24) is 10.6 Å². The van der Waals surface area contributed by atoms with Gasteiger partial charge >= 0.3 is 0 Å². The van der Waals surface area contributed by atoms with E-state index < -0.39 is 11.9 Å². The van der Waals surface area contributed by atoms with Crippen LogP contribution in [0.5, 0.6) is 0 Å². The number of hydrogen-bond acceptors (Lipinski definition) is 2. The number of benzene rings is 1. The molecule has 0 spiro atoms. The van der Waals surface area contributed by atoms with Gasteiger partial charge in [0, 0.05) is 12.5 Å². The van der Waals surface area contributed by atoms with Crippen LogP contribution in [-0.2, 0) is 16.0 Å². The van der Waals surface area contributed by atoms with Gasteiger partial charge in [0.25, 0.3) is 0 Å². The minimum Gasteiger partial charge on any atom is -0.352 e. The summed E-state index contributed by atoms with van der Waals surface area (Å²) < 4.78 is 13.5. The lowest BCUT2D eigenvalue weighted by Gasteiger charge is -2.25. The molecule has 22 heavy (non-hydrogen) atoms. The van der Waals surface area contributed by atoms with Crippen LogP contribution in [-0.4, -0.2) is 24.4 Å². The van der Waals surface area contributed by atoms with Crippen molar-refractivity contribution in [3.63, 3.8) is 0 Å². The van der Waals surface area contributed by atoms with E-state index in [1.165, 1.54) is 18.6 Å². The number of carbonyl (C=O) groups excluding carboxylic acids is 2. The normalized spacial score (nSPS) is 16.8. The number of amides is 2. The minimum absolute atomic E-state index is 0.0373. The molecule has 120 valence electrons. The molecule has 0 aromatic heterocycles. The highest BCUT2D eigenvalue weighted by Crippen LogP contribution is 2.19. The van der Waals surface area contributed by atoms with Crippen LogP contribution in [0, 0.1) is 5.82 Å². The second-order valence-corrected chi connectivity index (χ2v) is 6.04. The fourth-order valence-electron chi connectivity index (χ4n) is 2.76. The summed E-state index contributed by atoms with van der Waals surface area (Å²) in [6.07, 6.45) is 6.08. The topological polar surface area (TPSA) is 58.2 Å². The Kier molecular flexibility index (Phi) is 6.19. The first-order valence-electron chi connectivity index (χ1n) is 7.54. The van der Waals surface area contributed by atoms with E-state index in [-0.39, 0.29) is 23.4 Å². The maximum absolute atomic E-state index is 13.5. The monoisotopic (exact) mass is 326 g/mol. The Morgan fingerprint density at radius 1 is 1.36 bits per heavy atom. The standard InChI is InChI=1S/C16H20ClFN2O2/c17-13-7-6-11(8-14(13)18)9-15(19-10-21)16(22)20-12-4-2-1-3-5-12/h6-8,10,12,15H,1-5,9H2,(H,19,21)(H,20,22). The first-order valence-corrected chi connectivity index (χ1v) is 7.92. The zero-order valence-corrected chi connectivity index (χ0v) is 13.0. The summed E-state index contributed by atoms with van der Waals surface area (Å²) in [4.78, 5) is 23.0. The number of carbonyl (C=O) groups is 2. The Morgan fingerprint density at radius 2 is 2.09 bits per heavy atom. The zero-order valence-electron chi connectivity index (χ0n) is 12.3. The van der Waals surface area contributed by atoms with Gasteiger partial charge in [0.05, 0.1) is 5.02 Å². The molecule has 0 radical (unpaired) electrons. The second kappa shape index (κ2) is 8.13. The van der Waals surface area contributed by atoms with Gasteiger partial charge < -0.3 is 10.6 Å². The third kappa shape index (κ3) is 4.70. The van der Waals surface area contributed by atoms with Crippen molar-refractivity contribution < 1.29 is 14.0 Å². The van der Waals surface area contributed by atoms with Gasteiger partial charge in [-0.2, -0.15) is 0 Å². The third-order valence-electron chi connectivity index (χ3n) is 3.96. The largest absolute Gasteiger partial charge is 0.352 e.